The van der Waals surface area contributed by atoms with E-state index in [0.717, 1.165) is 31.5 Å². The zero-order valence-electron chi connectivity index (χ0n) is 16.9. The standard InChI is InChI=1S/C20H24BrN5O2S/c1-12-11-25(9-10-26(12)19(27)28-20(2,3)4)17-15(24-18(21)29-17)16-22-13-7-5-6-8-14(13)23-16/h5-8,12H,9-11H2,1-4H3,(H,22,23). The molecule has 1 fully saturated rings. The lowest BCUT2D eigenvalue weighted by atomic mass is 10.2. The molecule has 1 unspecified atom stereocenters. The predicted octanol–water partition coefficient (Wildman–Crippen LogP) is 4.89. The van der Waals surface area contributed by atoms with Gasteiger partial charge in [0.1, 0.15) is 16.3 Å². The summed E-state index contributed by atoms with van der Waals surface area (Å²) in [5.74, 6) is 0.755. The van der Waals surface area contributed by atoms with Crippen LogP contribution in [-0.2, 0) is 4.74 Å². The van der Waals surface area contributed by atoms with Crippen LogP contribution < -0.4 is 4.90 Å². The number of nitrogens with one attached hydrogen (secondary N) is 1. The molecular weight excluding hydrogens is 454 g/mol. The zero-order chi connectivity index (χ0) is 20.8. The van der Waals surface area contributed by atoms with Crippen LogP contribution in [0.3, 0.4) is 0 Å². The molecular formula is C20H24BrN5O2S. The van der Waals surface area contributed by atoms with Crippen LogP contribution >= 0.6 is 27.3 Å². The number of nitrogens with zero attached hydrogens (tertiary/aromatic N) is 4. The first-order valence-electron chi connectivity index (χ1n) is 9.57. The fraction of sp³-hybridized carbons (Fsp3) is 0.450. The van der Waals surface area contributed by atoms with E-state index in [1.807, 2.05) is 52.0 Å². The second-order valence-corrected chi connectivity index (χ2v) is 10.4. The van der Waals surface area contributed by atoms with Gasteiger partial charge in [0.05, 0.1) is 11.0 Å². The number of halogens is 1. The van der Waals surface area contributed by atoms with E-state index in [2.05, 4.69) is 30.8 Å². The summed E-state index contributed by atoms with van der Waals surface area (Å²) < 4.78 is 6.37. The van der Waals surface area contributed by atoms with Gasteiger partial charge in [0.2, 0.25) is 0 Å². The minimum absolute atomic E-state index is 0.0306. The van der Waals surface area contributed by atoms with Crippen LogP contribution in [0.5, 0.6) is 0 Å². The van der Waals surface area contributed by atoms with Gasteiger partial charge in [0, 0.05) is 25.7 Å². The third-order valence-corrected chi connectivity index (χ3v) is 6.31. The van der Waals surface area contributed by atoms with Crippen LogP contribution in [0, 0.1) is 0 Å². The van der Waals surface area contributed by atoms with E-state index < -0.39 is 5.60 Å². The van der Waals surface area contributed by atoms with Crippen molar-refractivity contribution in [3.63, 3.8) is 0 Å². The molecule has 2 aromatic heterocycles. The van der Waals surface area contributed by atoms with Gasteiger partial charge in [-0.1, -0.05) is 23.5 Å². The molecule has 3 heterocycles. The number of fused-ring (bicyclic) bond motifs is 1. The van der Waals surface area contributed by atoms with Crippen LogP contribution in [0.1, 0.15) is 27.7 Å². The molecule has 9 heteroatoms. The van der Waals surface area contributed by atoms with Crippen molar-refractivity contribution in [1.82, 2.24) is 19.9 Å². The van der Waals surface area contributed by atoms with Gasteiger partial charge in [0.25, 0.3) is 0 Å². The van der Waals surface area contributed by atoms with Crippen LogP contribution in [0.15, 0.2) is 28.2 Å². The highest BCUT2D eigenvalue weighted by molar-refractivity contribution is 9.11. The predicted molar refractivity (Wildman–Crippen MR) is 120 cm³/mol. The molecule has 0 radical (unpaired) electrons. The number of amides is 1. The molecule has 4 rings (SSSR count). The Kier molecular flexibility index (Phi) is 5.29. The number of ether oxygens (including phenoxy) is 1. The van der Waals surface area contributed by atoms with Gasteiger partial charge >= 0.3 is 6.09 Å². The Morgan fingerprint density at radius 3 is 2.72 bits per heavy atom. The SMILES string of the molecule is CC1CN(c2sc(Br)nc2-c2nc3ccccc3[nH]2)CCN1C(=O)OC(C)(C)C. The van der Waals surface area contributed by atoms with E-state index in [-0.39, 0.29) is 12.1 Å². The van der Waals surface area contributed by atoms with E-state index in [1.54, 1.807) is 16.2 Å². The highest BCUT2D eigenvalue weighted by Crippen LogP contribution is 2.39. The Bertz CT molecular complexity index is 1010. The monoisotopic (exact) mass is 477 g/mol. The Hall–Kier alpha value is -2.13. The Labute approximate surface area is 182 Å². The van der Waals surface area contributed by atoms with Gasteiger partial charge < -0.3 is 19.5 Å². The van der Waals surface area contributed by atoms with Gasteiger partial charge in [-0.05, 0) is 55.8 Å². The lowest BCUT2D eigenvalue weighted by Crippen LogP contribution is -2.55. The average molecular weight is 478 g/mol. The van der Waals surface area contributed by atoms with E-state index in [9.17, 15) is 4.79 Å². The van der Waals surface area contributed by atoms with Gasteiger partial charge in [-0.3, -0.25) is 0 Å². The highest BCUT2D eigenvalue weighted by Gasteiger charge is 2.33. The quantitative estimate of drug-likeness (QED) is 0.568. The maximum absolute atomic E-state index is 12.5. The van der Waals surface area contributed by atoms with Gasteiger partial charge in [-0.2, -0.15) is 0 Å². The number of H-pyrrole nitrogens is 1. The third kappa shape index (κ3) is 4.25. The molecule has 3 aromatic rings. The first kappa shape index (κ1) is 20.2. The second-order valence-electron chi connectivity index (χ2n) is 8.19. The summed E-state index contributed by atoms with van der Waals surface area (Å²) in [4.78, 5) is 29.3. The molecule has 1 saturated heterocycles. The van der Waals surface area contributed by atoms with Crippen molar-refractivity contribution in [1.29, 1.82) is 0 Å². The van der Waals surface area contributed by atoms with Crippen molar-refractivity contribution in [2.75, 3.05) is 24.5 Å². The molecule has 7 nitrogen and oxygen atoms in total. The Morgan fingerprint density at radius 1 is 1.28 bits per heavy atom. The number of anilines is 1. The van der Waals surface area contributed by atoms with E-state index in [4.69, 9.17) is 9.72 Å². The number of para-hydroxylation sites is 2. The van der Waals surface area contributed by atoms with Crippen molar-refractivity contribution in [3.8, 4) is 11.5 Å². The highest BCUT2D eigenvalue weighted by atomic mass is 79.9. The summed E-state index contributed by atoms with van der Waals surface area (Å²) >= 11 is 5.11. The maximum atomic E-state index is 12.5. The van der Waals surface area contributed by atoms with E-state index >= 15 is 0 Å². The molecule has 0 aliphatic carbocycles. The molecule has 1 N–H and O–H groups in total. The maximum Gasteiger partial charge on any atom is 0.410 e. The van der Waals surface area contributed by atoms with Crippen molar-refractivity contribution in [2.24, 2.45) is 0 Å². The fourth-order valence-corrected chi connectivity index (χ4v) is 4.92. The van der Waals surface area contributed by atoms with E-state index in [1.165, 1.54) is 0 Å². The molecule has 1 aromatic carbocycles. The minimum Gasteiger partial charge on any atom is -0.444 e. The molecule has 0 bridgehead atoms. The van der Waals surface area contributed by atoms with Crippen molar-refractivity contribution < 1.29 is 9.53 Å². The molecule has 154 valence electrons. The molecule has 0 spiro atoms. The minimum atomic E-state index is -0.495. The summed E-state index contributed by atoms with van der Waals surface area (Å²) in [6.45, 7) is 9.74. The largest absolute Gasteiger partial charge is 0.444 e. The number of piperazine rings is 1. The van der Waals surface area contributed by atoms with Gasteiger partial charge in [-0.25, -0.2) is 14.8 Å². The third-order valence-electron chi connectivity index (χ3n) is 4.74. The average Bonchev–Trinajstić information content (AvgIpc) is 3.23. The lowest BCUT2D eigenvalue weighted by molar-refractivity contribution is 0.0159. The summed E-state index contributed by atoms with van der Waals surface area (Å²) in [5.41, 5.74) is 2.24. The number of hydrogen-bond donors (Lipinski definition) is 1. The topological polar surface area (TPSA) is 74.4 Å². The molecule has 29 heavy (non-hydrogen) atoms. The number of aromatic amines is 1. The zero-order valence-corrected chi connectivity index (χ0v) is 19.3. The molecule has 0 saturated carbocycles. The number of carbonyl (C=O) groups excluding carboxylic acids is 1. The van der Waals surface area contributed by atoms with Gasteiger partial charge in [-0.15, -0.1) is 0 Å². The van der Waals surface area contributed by atoms with Crippen molar-refractivity contribution in [3.05, 3.63) is 28.2 Å². The molecule has 1 amide bonds. The molecule has 1 atom stereocenters. The van der Waals surface area contributed by atoms with Crippen LogP contribution in [-0.4, -0.2) is 57.2 Å². The number of rotatable bonds is 2. The normalized spacial score (nSPS) is 17.8. The number of thiazole rings is 1. The smallest absolute Gasteiger partial charge is 0.410 e. The number of aromatic nitrogens is 3. The van der Waals surface area contributed by atoms with Crippen molar-refractivity contribution in [2.45, 2.75) is 39.3 Å². The molecule has 1 aliphatic heterocycles. The van der Waals surface area contributed by atoms with Crippen LogP contribution in [0.2, 0.25) is 0 Å². The summed E-state index contributed by atoms with van der Waals surface area (Å²) in [7, 11) is 0. The number of hydrogen-bond acceptors (Lipinski definition) is 6. The number of benzene rings is 1. The Balaban J connectivity index is 1.57. The number of imidazole rings is 1. The lowest BCUT2D eigenvalue weighted by Gasteiger charge is -2.40. The van der Waals surface area contributed by atoms with Crippen molar-refractivity contribution >= 4 is 49.4 Å². The summed E-state index contributed by atoms with van der Waals surface area (Å²) in [5, 5.41) is 1.05. The molecule has 1 aliphatic rings. The van der Waals surface area contributed by atoms with Crippen LogP contribution in [0.4, 0.5) is 9.80 Å². The number of carbonyl (C=O) groups is 1. The second kappa shape index (κ2) is 7.60. The first-order chi connectivity index (χ1) is 13.7. The van der Waals surface area contributed by atoms with Crippen LogP contribution in [0.25, 0.3) is 22.6 Å². The van der Waals surface area contributed by atoms with Gasteiger partial charge in [0.15, 0.2) is 9.74 Å². The summed E-state index contributed by atoms with van der Waals surface area (Å²) in [6, 6.07) is 7.98. The first-order valence-corrected chi connectivity index (χ1v) is 11.2. The fourth-order valence-electron chi connectivity index (χ4n) is 3.45. The van der Waals surface area contributed by atoms with E-state index in [0.29, 0.717) is 19.6 Å². The Morgan fingerprint density at radius 2 is 2.03 bits per heavy atom. The summed E-state index contributed by atoms with van der Waals surface area (Å²) in [6.07, 6.45) is -0.257.